The molecule has 2 N–H and O–H groups in total. The van der Waals surface area contributed by atoms with Crippen molar-refractivity contribution in [2.75, 3.05) is 0 Å². The lowest BCUT2D eigenvalue weighted by molar-refractivity contribution is 0.0634. The Bertz CT molecular complexity index is 570. The van der Waals surface area contributed by atoms with E-state index in [1.165, 1.54) is 6.92 Å². The molecule has 1 aromatic heterocycles. The van der Waals surface area contributed by atoms with E-state index in [0.717, 1.165) is 10.8 Å². The first kappa shape index (κ1) is 13.2. The van der Waals surface area contributed by atoms with Crippen LogP contribution in [-0.2, 0) is 6.42 Å². The molecule has 0 saturated heterocycles. The number of rotatable bonds is 3. The first-order chi connectivity index (χ1) is 8.40. The summed E-state index contributed by atoms with van der Waals surface area (Å²) < 4.78 is 25.5. The average Bonchev–Trinajstić information content (AvgIpc) is 2.28. The largest absolute Gasteiger partial charge is 0.320 e. The lowest BCUT2D eigenvalue weighted by atomic mass is 9.96. The molecule has 0 aliphatic rings. The second kappa shape index (κ2) is 4.78. The summed E-state index contributed by atoms with van der Waals surface area (Å²) in [6, 6.07) is 9.15. The number of pyridine rings is 1. The maximum absolute atomic E-state index is 12.7. The van der Waals surface area contributed by atoms with Gasteiger partial charge in [-0.25, -0.2) is 13.8 Å². The molecule has 5 heteroatoms. The van der Waals surface area contributed by atoms with Crippen molar-refractivity contribution in [1.29, 1.82) is 0 Å². The van der Waals surface area contributed by atoms with Crippen LogP contribution in [0.1, 0.15) is 12.6 Å². The Kier molecular flexibility index (Phi) is 3.50. The number of alkyl halides is 2. The molecule has 0 saturated carbocycles. The molecule has 0 amide bonds. The number of fused-ring (bicyclic) bond motifs is 1. The molecule has 0 aliphatic carbocycles. The van der Waals surface area contributed by atoms with Crippen LogP contribution in [0.3, 0.4) is 0 Å². The molecule has 1 unspecified atom stereocenters. The molecular formula is C13H13ClF2N2. The summed E-state index contributed by atoms with van der Waals surface area (Å²) in [7, 11) is 0. The summed E-state index contributed by atoms with van der Waals surface area (Å²) in [5, 5.41) is 1.99. The van der Waals surface area contributed by atoms with Gasteiger partial charge in [0.05, 0.1) is 5.54 Å². The molecule has 2 nitrogen and oxygen atoms in total. The highest BCUT2D eigenvalue weighted by Gasteiger charge is 2.31. The van der Waals surface area contributed by atoms with Crippen molar-refractivity contribution < 1.29 is 8.78 Å². The van der Waals surface area contributed by atoms with Gasteiger partial charge >= 0.3 is 0 Å². The lowest BCUT2D eigenvalue weighted by Crippen LogP contribution is -2.46. The van der Waals surface area contributed by atoms with Gasteiger partial charge in [0.15, 0.2) is 0 Å². The minimum Gasteiger partial charge on any atom is -0.320 e. The van der Waals surface area contributed by atoms with E-state index in [1.54, 1.807) is 6.07 Å². The van der Waals surface area contributed by atoms with Gasteiger partial charge in [0.25, 0.3) is 6.43 Å². The van der Waals surface area contributed by atoms with Crippen molar-refractivity contribution in [2.45, 2.75) is 25.3 Å². The molecule has 2 aromatic rings. The van der Waals surface area contributed by atoms with Crippen LogP contribution in [0.2, 0.25) is 5.15 Å². The SMILES string of the molecule is CC(N)(Cc1cc2ccccc2c(Cl)n1)C(F)F. The van der Waals surface area contributed by atoms with Gasteiger partial charge in [-0.05, 0) is 18.4 Å². The maximum atomic E-state index is 12.7. The normalized spacial score (nSPS) is 15.0. The number of halogens is 3. The quantitative estimate of drug-likeness (QED) is 0.868. The van der Waals surface area contributed by atoms with Crippen molar-refractivity contribution in [3.8, 4) is 0 Å². The fourth-order valence-corrected chi connectivity index (χ4v) is 2.05. The monoisotopic (exact) mass is 270 g/mol. The Labute approximate surface area is 109 Å². The zero-order valence-electron chi connectivity index (χ0n) is 9.83. The van der Waals surface area contributed by atoms with Gasteiger partial charge in [0, 0.05) is 17.5 Å². The average molecular weight is 271 g/mol. The highest BCUT2D eigenvalue weighted by molar-refractivity contribution is 6.34. The van der Waals surface area contributed by atoms with E-state index >= 15 is 0 Å². The summed E-state index contributed by atoms with van der Waals surface area (Å²) in [6.07, 6.45) is -2.63. The van der Waals surface area contributed by atoms with Crippen LogP contribution in [0, 0.1) is 0 Å². The molecule has 0 radical (unpaired) electrons. The van der Waals surface area contributed by atoms with Gasteiger partial charge in [0.2, 0.25) is 0 Å². The number of hydrogen-bond acceptors (Lipinski definition) is 2. The summed E-state index contributed by atoms with van der Waals surface area (Å²) >= 11 is 6.03. The molecule has 0 aliphatic heterocycles. The van der Waals surface area contributed by atoms with Crippen LogP contribution < -0.4 is 5.73 Å². The van der Waals surface area contributed by atoms with Crippen LogP contribution in [0.5, 0.6) is 0 Å². The lowest BCUT2D eigenvalue weighted by Gasteiger charge is -2.23. The Balaban J connectivity index is 2.41. The fourth-order valence-electron chi connectivity index (χ4n) is 1.77. The van der Waals surface area contributed by atoms with Gasteiger partial charge in [0.1, 0.15) is 5.15 Å². The third kappa shape index (κ3) is 2.60. The van der Waals surface area contributed by atoms with Crippen molar-refractivity contribution in [3.05, 3.63) is 41.2 Å². The van der Waals surface area contributed by atoms with Crippen molar-refractivity contribution in [1.82, 2.24) is 4.98 Å². The summed E-state index contributed by atoms with van der Waals surface area (Å²) in [5.41, 5.74) is 4.43. The minimum absolute atomic E-state index is 0.0186. The van der Waals surface area contributed by atoms with Crippen molar-refractivity contribution in [2.24, 2.45) is 5.73 Å². The molecular weight excluding hydrogens is 258 g/mol. The van der Waals surface area contributed by atoms with Crippen LogP contribution >= 0.6 is 11.6 Å². The Morgan fingerprint density at radius 3 is 2.72 bits per heavy atom. The Morgan fingerprint density at radius 1 is 1.39 bits per heavy atom. The molecule has 1 heterocycles. The molecule has 0 fully saturated rings. The molecule has 18 heavy (non-hydrogen) atoms. The predicted molar refractivity (Wildman–Crippen MR) is 69.1 cm³/mol. The standard InChI is InChI=1S/C13H13ClF2N2/c1-13(17,12(15)16)7-9-6-8-4-2-3-5-10(8)11(14)18-9/h2-6,12H,7,17H2,1H3. The molecule has 96 valence electrons. The smallest absolute Gasteiger partial charge is 0.256 e. The second-order valence-corrected chi connectivity index (χ2v) is 4.97. The van der Waals surface area contributed by atoms with Gasteiger partial charge in [-0.15, -0.1) is 0 Å². The fraction of sp³-hybridized carbons (Fsp3) is 0.308. The summed E-state index contributed by atoms with van der Waals surface area (Å²) in [5.74, 6) is 0. The topological polar surface area (TPSA) is 38.9 Å². The van der Waals surface area contributed by atoms with Gasteiger partial charge in [-0.1, -0.05) is 35.9 Å². The summed E-state index contributed by atoms with van der Waals surface area (Å²) in [6.45, 7) is 1.31. The summed E-state index contributed by atoms with van der Waals surface area (Å²) in [4.78, 5) is 4.12. The van der Waals surface area contributed by atoms with E-state index in [9.17, 15) is 8.78 Å². The van der Waals surface area contributed by atoms with E-state index in [2.05, 4.69) is 4.98 Å². The van der Waals surface area contributed by atoms with Crippen LogP contribution in [0.25, 0.3) is 10.8 Å². The third-order valence-corrected chi connectivity index (χ3v) is 3.10. The number of nitrogens with zero attached hydrogens (tertiary/aromatic N) is 1. The Morgan fingerprint density at radius 2 is 2.06 bits per heavy atom. The molecule has 0 spiro atoms. The highest BCUT2D eigenvalue weighted by atomic mass is 35.5. The predicted octanol–water partition coefficient (Wildman–Crippen LogP) is 3.41. The Hall–Kier alpha value is -1.26. The molecule has 0 bridgehead atoms. The molecule has 1 atom stereocenters. The zero-order chi connectivity index (χ0) is 13.3. The number of benzene rings is 1. The number of nitrogens with two attached hydrogens (primary N) is 1. The van der Waals surface area contributed by atoms with Crippen molar-refractivity contribution in [3.63, 3.8) is 0 Å². The van der Waals surface area contributed by atoms with E-state index in [-0.39, 0.29) is 6.42 Å². The molecule has 2 rings (SSSR count). The van der Waals surface area contributed by atoms with Crippen LogP contribution in [-0.4, -0.2) is 16.9 Å². The van der Waals surface area contributed by atoms with Crippen LogP contribution in [0.4, 0.5) is 8.78 Å². The van der Waals surface area contributed by atoms with Gasteiger partial charge < -0.3 is 5.73 Å². The first-order valence-electron chi connectivity index (χ1n) is 5.51. The van der Waals surface area contributed by atoms with Crippen LogP contribution in [0.15, 0.2) is 30.3 Å². The zero-order valence-corrected chi connectivity index (χ0v) is 10.6. The van der Waals surface area contributed by atoms with Crippen molar-refractivity contribution >= 4 is 22.4 Å². The highest BCUT2D eigenvalue weighted by Crippen LogP contribution is 2.25. The number of hydrogen-bond donors (Lipinski definition) is 1. The van der Waals surface area contributed by atoms with E-state index in [4.69, 9.17) is 17.3 Å². The molecule has 1 aromatic carbocycles. The first-order valence-corrected chi connectivity index (χ1v) is 5.89. The second-order valence-electron chi connectivity index (χ2n) is 4.61. The third-order valence-electron chi connectivity index (χ3n) is 2.81. The van der Waals surface area contributed by atoms with E-state index in [1.807, 2.05) is 24.3 Å². The number of aromatic nitrogens is 1. The van der Waals surface area contributed by atoms with Gasteiger partial charge in [-0.3, -0.25) is 0 Å². The minimum atomic E-state index is -2.61. The maximum Gasteiger partial charge on any atom is 0.256 e. The van der Waals surface area contributed by atoms with E-state index in [0.29, 0.717) is 10.8 Å². The van der Waals surface area contributed by atoms with Gasteiger partial charge in [-0.2, -0.15) is 0 Å². The van der Waals surface area contributed by atoms with E-state index < -0.39 is 12.0 Å².